The Labute approximate surface area is 133 Å². The summed E-state index contributed by atoms with van der Waals surface area (Å²) in [6, 6.07) is 13.8. The number of aryl methyl sites for hydroxylation is 1. The largest absolute Gasteiger partial charge is 0.380 e. The van der Waals surface area contributed by atoms with Crippen molar-refractivity contribution in [2.24, 2.45) is 0 Å². The highest BCUT2D eigenvalue weighted by atomic mass is 35.5. The quantitative estimate of drug-likeness (QED) is 0.693. The van der Waals surface area contributed by atoms with Crippen LogP contribution in [0.2, 0.25) is 10.0 Å². The van der Waals surface area contributed by atoms with Crippen molar-refractivity contribution in [1.29, 1.82) is 0 Å². The average molecular weight is 317 g/mol. The average Bonchev–Trinajstić information content (AvgIpc) is 2.51. The van der Waals surface area contributed by atoms with E-state index in [1.165, 1.54) is 0 Å². The van der Waals surface area contributed by atoms with E-state index >= 15 is 0 Å². The molecule has 1 aromatic heterocycles. The summed E-state index contributed by atoms with van der Waals surface area (Å²) in [6.07, 6.45) is 1.81. The minimum Gasteiger partial charge on any atom is -0.380 e. The van der Waals surface area contributed by atoms with Crippen LogP contribution in [0.25, 0.3) is 10.9 Å². The van der Waals surface area contributed by atoms with Gasteiger partial charge < -0.3 is 5.32 Å². The molecule has 0 aliphatic rings. The zero-order chi connectivity index (χ0) is 14.8. The number of hydrogen-bond acceptors (Lipinski definition) is 2. The Hall–Kier alpha value is -1.77. The van der Waals surface area contributed by atoms with Crippen molar-refractivity contribution in [2.75, 3.05) is 5.32 Å². The molecule has 0 spiro atoms. The number of pyridine rings is 1. The van der Waals surface area contributed by atoms with E-state index in [0.717, 1.165) is 27.7 Å². The van der Waals surface area contributed by atoms with Crippen LogP contribution in [0.3, 0.4) is 0 Å². The molecule has 21 heavy (non-hydrogen) atoms. The smallest absolute Gasteiger partial charge is 0.0751 e. The molecule has 0 aliphatic carbocycles. The van der Waals surface area contributed by atoms with Gasteiger partial charge >= 0.3 is 0 Å². The molecule has 2 nitrogen and oxygen atoms in total. The van der Waals surface area contributed by atoms with Crippen LogP contribution in [0, 0.1) is 6.92 Å². The van der Waals surface area contributed by atoms with Crippen LogP contribution in [0.15, 0.2) is 48.7 Å². The number of hydrogen-bond donors (Lipinski definition) is 1. The zero-order valence-electron chi connectivity index (χ0n) is 11.5. The van der Waals surface area contributed by atoms with E-state index in [0.29, 0.717) is 16.6 Å². The van der Waals surface area contributed by atoms with Gasteiger partial charge in [-0.1, -0.05) is 41.4 Å². The van der Waals surface area contributed by atoms with Crippen LogP contribution >= 0.6 is 23.2 Å². The minimum atomic E-state index is 0.575. The van der Waals surface area contributed by atoms with Gasteiger partial charge in [-0.05, 0) is 42.3 Å². The summed E-state index contributed by atoms with van der Waals surface area (Å²) >= 11 is 12.3. The third kappa shape index (κ3) is 2.82. The van der Waals surface area contributed by atoms with Crippen molar-refractivity contribution in [3.05, 3.63) is 69.8 Å². The van der Waals surface area contributed by atoms with E-state index in [1.54, 1.807) is 6.07 Å². The van der Waals surface area contributed by atoms with E-state index in [1.807, 2.05) is 24.4 Å². The molecule has 0 aliphatic heterocycles. The standard InChI is InChI=1S/C17H14Cl2N2/c1-11-7-8-15(13-5-3-9-20-17(11)13)21-10-12-4-2-6-14(18)16(12)19/h2-9,21H,10H2,1H3. The fourth-order valence-corrected chi connectivity index (χ4v) is 2.73. The maximum atomic E-state index is 6.22. The molecule has 1 heterocycles. The van der Waals surface area contributed by atoms with Crippen molar-refractivity contribution < 1.29 is 0 Å². The highest BCUT2D eigenvalue weighted by Crippen LogP contribution is 2.28. The fourth-order valence-electron chi connectivity index (χ4n) is 2.34. The van der Waals surface area contributed by atoms with Gasteiger partial charge in [0.1, 0.15) is 0 Å². The van der Waals surface area contributed by atoms with Crippen LogP contribution < -0.4 is 5.32 Å². The fraction of sp³-hybridized carbons (Fsp3) is 0.118. The highest BCUT2D eigenvalue weighted by Gasteiger charge is 2.07. The van der Waals surface area contributed by atoms with Gasteiger partial charge in [0.15, 0.2) is 0 Å². The third-order valence-electron chi connectivity index (χ3n) is 3.47. The Morgan fingerprint density at radius 2 is 1.90 bits per heavy atom. The monoisotopic (exact) mass is 316 g/mol. The van der Waals surface area contributed by atoms with Crippen molar-refractivity contribution in [3.63, 3.8) is 0 Å². The van der Waals surface area contributed by atoms with Gasteiger partial charge in [0.25, 0.3) is 0 Å². The Balaban J connectivity index is 1.92. The van der Waals surface area contributed by atoms with Crippen LogP contribution in [0.5, 0.6) is 0 Å². The van der Waals surface area contributed by atoms with Gasteiger partial charge in [0.05, 0.1) is 15.6 Å². The molecule has 0 atom stereocenters. The first kappa shape index (κ1) is 14.2. The first-order valence-electron chi connectivity index (χ1n) is 6.68. The number of halogens is 2. The maximum absolute atomic E-state index is 6.22. The highest BCUT2D eigenvalue weighted by molar-refractivity contribution is 6.42. The molecule has 3 rings (SSSR count). The molecule has 0 bridgehead atoms. The number of benzene rings is 2. The van der Waals surface area contributed by atoms with E-state index in [4.69, 9.17) is 23.2 Å². The molecule has 3 aromatic rings. The molecule has 0 radical (unpaired) electrons. The lowest BCUT2D eigenvalue weighted by Gasteiger charge is -2.12. The van der Waals surface area contributed by atoms with Crippen LogP contribution in [-0.4, -0.2) is 4.98 Å². The summed E-state index contributed by atoms with van der Waals surface area (Å²) in [7, 11) is 0. The lowest BCUT2D eigenvalue weighted by Crippen LogP contribution is -2.01. The summed E-state index contributed by atoms with van der Waals surface area (Å²) in [5.74, 6) is 0. The Morgan fingerprint density at radius 3 is 2.76 bits per heavy atom. The van der Waals surface area contributed by atoms with Crippen molar-refractivity contribution >= 4 is 39.8 Å². The second-order valence-electron chi connectivity index (χ2n) is 4.90. The molecule has 0 saturated carbocycles. The van der Waals surface area contributed by atoms with E-state index < -0.39 is 0 Å². The van der Waals surface area contributed by atoms with E-state index in [-0.39, 0.29) is 0 Å². The van der Waals surface area contributed by atoms with Gasteiger partial charge in [0, 0.05) is 23.8 Å². The third-order valence-corrected chi connectivity index (χ3v) is 4.33. The molecular weight excluding hydrogens is 303 g/mol. The number of rotatable bonds is 3. The predicted molar refractivity (Wildman–Crippen MR) is 90.3 cm³/mol. The summed E-state index contributed by atoms with van der Waals surface area (Å²) in [5.41, 5.74) is 4.19. The maximum Gasteiger partial charge on any atom is 0.0751 e. The number of fused-ring (bicyclic) bond motifs is 1. The molecule has 0 fully saturated rings. The first-order valence-corrected chi connectivity index (χ1v) is 7.43. The van der Waals surface area contributed by atoms with Crippen molar-refractivity contribution in [2.45, 2.75) is 13.5 Å². The van der Waals surface area contributed by atoms with E-state index in [9.17, 15) is 0 Å². The van der Waals surface area contributed by atoms with E-state index in [2.05, 4.69) is 35.4 Å². The zero-order valence-corrected chi connectivity index (χ0v) is 13.0. The summed E-state index contributed by atoms with van der Waals surface area (Å²) in [4.78, 5) is 4.44. The Morgan fingerprint density at radius 1 is 1.05 bits per heavy atom. The van der Waals surface area contributed by atoms with Crippen LogP contribution in [0.1, 0.15) is 11.1 Å². The minimum absolute atomic E-state index is 0.575. The lowest BCUT2D eigenvalue weighted by atomic mass is 10.1. The molecule has 0 saturated heterocycles. The predicted octanol–water partition coefficient (Wildman–Crippen LogP) is 5.46. The SMILES string of the molecule is Cc1ccc(NCc2cccc(Cl)c2Cl)c2cccnc12. The number of nitrogens with one attached hydrogen (secondary N) is 1. The van der Waals surface area contributed by atoms with Gasteiger partial charge in [-0.2, -0.15) is 0 Å². The van der Waals surface area contributed by atoms with Gasteiger partial charge in [-0.3, -0.25) is 4.98 Å². The molecule has 0 amide bonds. The van der Waals surface area contributed by atoms with Gasteiger partial charge in [0.2, 0.25) is 0 Å². The second-order valence-corrected chi connectivity index (χ2v) is 5.68. The number of anilines is 1. The molecule has 4 heteroatoms. The molecule has 0 unspecified atom stereocenters. The summed E-state index contributed by atoms with van der Waals surface area (Å²) in [6.45, 7) is 2.68. The molecule has 106 valence electrons. The van der Waals surface area contributed by atoms with Crippen LogP contribution in [-0.2, 0) is 6.54 Å². The number of aromatic nitrogens is 1. The Bertz CT molecular complexity index is 800. The second kappa shape index (κ2) is 5.92. The lowest BCUT2D eigenvalue weighted by molar-refractivity contribution is 1.15. The van der Waals surface area contributed by atoms with Crippen molar-refractivity contribution in [3.8, 4) is 0 Å². The molecule has 1 N–H and O–H groups in total. The van der Waals surface area contributed by atoms with Crippen molar-refractivity contribution in [1.82, 2.24) is 4.98 Å². The molecular formula is C17H14Cl2N2. The first-order chi connectivity index (χ1) is 10.2. The normalized spacial score (nSPS) is 10.8. The Kier molecular flexibility index (Phi) is 4.00. The number of nitrogens with zero attached hydrogens (tertiary/aromatic N) is 1. The van der Waals surface area contributed by atoms with Gasteiger partial charge in [-0.25, -0.2) is 0 Å². The van der Waals surface area contributed by atoms with Crippen LogP contribution in [0.4, 0.5) is 5.69 Å². The summed E-state index contributed by atoms with van der Waals surface area (Å²) < 4.78 is 0. The topological polar surface area (TPSA) is 24.9 Å². The summed E-state index contributed by atoms with van der Waals surface area (Å²) in [5, 5.41) is 5.70. The molecule has 2 aromatic carbocycles. The van der Waals surface area contributed by atoms with Gasteiger partial charge in [-0.15, -0.1) is 0 Å².